The van der Waals surface area contributed by atoms with Crippen LogP contribution in [0.3, 0.4) is 0 Å². The van der Waals surface area contributed by atoms with Crippen LogP contribution in [0.1, 0.15) is 13.8 Å². The molecule has 0 fully saturated rings. The molecule has 0 saturated carbocycles. The summed E-state index contributed by atoms with van der Waals surface area (Å²) < 4.78 is 85.3. The number of carbonyl (C=O) groups excluding carboxylic acids is 1. The Bertz CT molecular complexity index is 854. The van der Waals surface area contributed by atoms with Crippen molar-refractivity contribution in [1.29, 1.82) is 0 Å². The summed E-state index contributed by atoms with van der Waals surface area (Å²) in [4.78, 5) is 11.5. The number of rotatable bonds is 5. The third-order valence-electron chi connectivity index (χ3n) is 4.43. The van der Waals surface area contributed by atoms with Crippen LogP contribution < -0.4 is 8.35 Å². The quantitative estimate of drug-likeness (QED) is 0.199. The van der Waals surface area contributed by atoms with Crippen LogP contribution in [0.2, 0.25) is 0 Å². The molecule has 0 bridgehead atoms. The molecule has 2 rings (SSSR count). The van der Waals surface area contributed by atoms with Crippen molar-refractivity contribution in [3.8, 4) is 5.75 Å². The molecular weight excluding hydrogens is 530 g/mol. The van der Waals surface area contributed by atoms with Crippen LogP contribution in [0.4, 0.5) is 26.3 Å². The van der Waals surface area contributed by atoms with E-state index in [1.165, 1.54) is 26.0 Å². The Morgan fingerprint density at radius 1 is 1.10 bits per heavy atom. The first-order chi connectivity index (χ1) is 13.7. The van der Waals surface area contributed by atoms with E-state index >= 15 is 0 Å². The summed E-state index contributed by atoms with van der Waals surface area (Å²) in [7, 11) is 0. The van der Waals surface area contributed by atoms with E-state index in [0.29, 0.717) is 9.37 Å². The fourth-order valence-electron chi connectivity index (χ4n) is 2.82. The van der Waals surface area contributed by atoms with Gasteiger partial charge in [-0.15, -0.1) is 0 Å². The maximum absolute atomic E-state index is 13.1. The molecule has 1 aromatic rings. The van der Waals surface area contributed by atoms with Gasteiger partial charge >= 0.3 is 179 Å². The summed E-state index contributed by atoms with van der Waals surface area (Å²) in [5.74, 6) is -3.66. The van der Waals surface area contributed by atoms with Crippen LogP contribution in [0.5, 0.6) is 5.75 Å². The van der Waals surface area contributed by atoms with E-state index in [1.807, 2.05) is 0 Å². The Morgan fingerprint density at radius 2 is 1.63 bits per heavy atom. The average molecular weight is 548 g/mol. The molecule has 1 aliphatic carbocycles. The second kappa shape index (κ2) is 8.77. The van der Waals surface area contributed by atoms with Gasteiger partial charge in [0.1, 0.15) is 0 Å². The molecule has 1 aliphatic rings. The summed E-state index contributed by atoms with van der Waals surface area (Å²) in [5, 5.41) is 9.63. The van der Waals surface area contributed by atoms with Crippen molar-refractivity contribution in [2.45, 2.75) is 31.8 Å². The molecule has 0 heterocycles. The third-order valence-corrected chi connectivity index (χ3v) is 7.33. The van der Waals surface area contributed by atoms with Gasteiger partial charge in [0.15, 0.2) is 0 Å². The van der Waals surface area contributed by atoms with Crippen molar-refractivity contribution in [1.82, 2.24) is 0 Å². The number of hydrogen-bond acceptors (Lipinski definition) is 3. The molecule has 1 aromatic carbocycles. The van der Waals surface area contributed by atoms with E-state index in [1.54, 1.807) is 24.3 Å². The molecule has 0 saturated heterocycles. The number of carbonyl (C=O) groups is 1. The molecule has 10 heteroatoms. The van der Waals surface area contributed by atoms with Gasteiger partial charge in [-0.2, -0.15) is 0 Å². The van der Waals surface area contributed by atoms with Gasteiger partial charge in [-0.25, -0.2) is 0 Å². The zero-order valence-electron chi connectivity index (χ0n) is 15.8. The van der Waals surface area contributed by atoms with E-state index in [4.69, 9.17) is 4.74 Å². The standard InChI is InChI=1S/C20H18F6O3Te/c1-11(2)17(27)29-13-4-6-14(7-5-13)30-15-8-9-16(12(3)10-15)18(28,19(21,22)23)20(24,25)26/h4-10,12,16,28H,1H2,2-3H3. The number of halogens is 6. The normalized spacial score (nSPS) is 20.0. The van der Waals surface area contributed by atoms with Gasteiger partial charge in [0.2, 0.25) is 0 Å². The molecule has 164 valence electrons. The van der Waals surface area contributed by atoms with Crippen molar-refractivity contribution in [3.63, 3.8) is 0 Å². The summed E-state index contributed by atoms with van der Waals surface area (Å²) in [5.41, 5.74) is -4.60. The van der Waals surface area contributed by atoms with Crippen molar-refractivity contribution in [2.75, 3.05) is 0 Å². The molecule has 0 radical (unpaired) electrons. The van der Waals surface area contributed by atoms with Gasteiger partial charge in [0.25, 0.3) is 0 Å². The molecule has 3 nitrogen and oxygen atoms in total. The number of alkyl halides is 6. The zero-order chi connectivity index (χ0) is 22.9. The van der Waals surface area contributed by atoms with Crippen LogP contribution >= 0.6 is 0 Å². The minimum atomic E-state index is -5.87. The number of hydrogen-bond donors (Lipinski definition) is 1. The predicted octanol–water partition coefficient (Wildman–Crippen LogP) is 4.06. The van der Waals surface area contributed by atoms with E-state index in [-0.39, 0.29) is 5.57 Å². The van der Waals surface area contributed by atoms with Gasteiger partial charge in [0, 0.05) is 0 Å². The van der Waals surface area contributed by atoms with Gasteiger partial charge in [-0.05, 0) is 0 Å². The molecule has 2 atom stereocenters. The van der Waals surface area contributed by atoms with E-state index < -0.39 is 56.7 Å². The molecule has 0 aliphatic heterocycles. The summed E-state index contributed by atoms with van der Waals surface area (Å²) >= 11 is -1.12. The monoisotopic (exact) mass is 550 g/mol. The molecule has 0 amide bonds. The molecule has 0 spiro atoms. The summed E-state index contributed by atoms with van der Waals surface area (Å²) in [6.07, 6.45) is -8.40. The van der Waals surface area contributed by atoms with Crippen LogP contribution in [0.25, 0.3) is 0 Å². The number of esters is 1. The first kappa shape index (κ1) is 24.5. The van der Waals surface area contributed by atoms with Crippen LogP contribution in [0, 0.1) is 11.8 Å². The number of ether oxygens (including phenoxy) is 1. The molecule has 30 heavy (non-hydrogen) atoms. The van der Waals surface area contributed by atoms with Gasteiger partial charge < -0.3 is 0 Å². The van der Waals surface area contributed by atoms with E-state index in [2.05, 4.69) is 6.58 Å². The Hall–Kier alpha value is -1.76. The second-order valence-corrected chi connectivity index (χ2v) is 10.1. The average Bonchev–Trinajstić information content (AvgIpc) is 2.61. The Morgan fingerprint density at radius 3 is 2.07 bits per heavy atom. The second-order valence-electron chi connectivity index (χ2n) is 6.82. The summed E-state index contributed by atoms with van der Waals surface area (Å²) in [6, 6.07) is 6.45. The van der Waals surface area contributed by atoms with Crippen molar-refractivity contribution < 1.29 is 41.0 Å². The Kier molecular flexibility index (Phi) is 7.17. The first-order valence-electron chi connectivity index (χ1n) is 8.58. The number of allylic oxidation sites excluding steroid dienone is 3. The first-order valence-corrected chi connectivity index (χ1v) is 10.9. The van der Waals surface area contributed by atoms with E-state index in [0.717, 1.165) is 9.69 Å². The zero-order valence-corrected chi connectivity index (χ0v) is 18.2. The fraction of sp³-hybridized carbons (Fsp3) is 0.350. The van der Waals surface area contributed by atoms with E-state index in [9.17, 15) is 36.2 Å². The maximum atomic E-state index is 13.1. The summed E-state index contributed by atoms with van der Waals surface area (Å²) in [6.45, 7) is 6.18. The minimum absolute atomic E-state index is 0.228. The Labute approximate surface area is 179 Å². The molecule has 2 unspecified atom stereocenters. The van der Waals surface area contributed by atoms with Crippen LogP contribution in [-0.2, 0) is 4.79 Å². The van der Waals surface area contributed by atoms with Crippen molar-refractivity contribution in [2.24, 2.45) is 11.8 Å². The van der Waals surface area contributed by atoms with Gasteiger partial charge in [-0.3, -0.25) is 0 Å². The topological polar surface area (TPSA) is 46.5 Å². The van der Waals surface area contributed by atoms with Gasteiger partial charge in [0.05, 0.1) is 0 Å². The Balaban J connectivity index is 2.16. The van der Waals surface area contributed by atoms with Crippen LogP contribution in [0.15, 0.2) is 58.3 Å². The predicted molar refractivity (Wildman–Crippen MR) is 99.2 cm³/mol. The van der Waals surface area contributed by atoms with Gasteiger partial charge in [-0.1, -0.05) is 0 Å². The number of aliphatic hydroxyl groups is 1. The van der Waals surface area contributed by atoms with Crippen molar-refractivity contribution in [3.05, 3.63) is 58.3 Å². The third kappa shape index (κ3) is 5.10. The molecule has 0 aromatic heterocycles. The molecular formula is C20H18F6O3Te. The fourth-order valence-corrected chi connectivity index (χ4v) is 5.60. The SMILES string of the molecule is C=C(C)C(=O)Oc1ccc([Te]C2=CC(C)C(C(O)(C(F)(F)F)C(F)(F)F)C=C2)cc1. The molecule has 1 N–H and O–H groups in total. The number of benzene rings is 1. The van der Waals surface area contributed by atoms with Crippen molar-refractivity contribution >= 4 is 30.5 Å². The van der Waals surface area contributed by atoms with Crippen LogP contribution in [-0.4, -0.2) is 50.0 Å².